The highest BCUT2D eigenvalue weighted by molar-refractivity contribution is 5.56. The molecule has 1 rings (SSSR count). The molecule has 0 fully saturated rings. The van der Waals surface area contributed by atoms with Crippen LogP contribution in [0, 0.1) is 0 Å². The summed E-state index contributed by atoms with van der Waals surface area (Å²) >= 11 is 0. The third kappa shape index (κ3) is 1.50. The van der Waals surface area contributed by atoms with Crippen LogP contribution in [0.4, 0.5) is 5.95 Å². The van der Waals surface area contributed by atoms with Crippen LogP contribution in [0.1, 0.15) is 0 Å². The Bertz CT molecular complexity index is 180. The summed E-state index contributed by atoms with van der Waals surface area (Å²) in [5, 5.41) is 14.0. The highest BCUT2D eigenvalue weighted by Crippen LogP contribution is 1.94. The van der Waals surface area contributed by atoms with E-state index in [-0.39, 0.29) is 0 Å². The molecule has 0 aliphatic rings. The lowest BCUT2D eigenvalue weighted by Gasteiger charge is -1.80. The van der Waals surface area contributed by atoms with Crippen molar-refractivity contribution < 1.29 is 5.21 Å². The molecule has 3 N–H and O–H groups in total. The van der Waals surface area contributed by atoms with Gasteiger partial charge in [-0.05, 0) is 0 Å². The number of hydroxylamine groups is 1. The molecule has 1 aromatic rings. The monoisotopic (exact) mass is 127 g/mol. The number of aromatic amines is 1. The Morgan fingerprint density at radius 1 is 1.89 bits per heavy atom. The minimum atomic E-state index is 0.344. The van der Waals surface area contributed by atoms with Crippen molar-refractivity contribution in [2.45, 2.75) is 0 Å². The molecule has 6 nitrogen and oxygen atoms in total. The molecule has 0 aromatic carbocycles. The first-order valence-electron chi connectivity index (χ1n) is 2.21. The van der Waals surface area contributed by atoms with E-state index < -0.39 is 0 Å². The van der Waals surface area contributed by atoms with Gasteiger partial charge in [-0.1, -0.05) is 0 Å². The molecule has 9 heavy (non-hydrogen) atoms. The number of H-pyrrole nitrogens is 1. The summed E-state index contributed by atoms with van der Waals surface area (Å²) in [5.74, 6) is 0.344. The van der Waals surface area contributed by atoms with Gasteiger partial charge in [-0.3, -0.25) is 10.7 Å². The van der Waals surface area contributed by atoms with Crippen LogP contribution < -0.4 is 5.48 Å². The van der Waals surface area contributed by atoms with Crippen molar-refractivity contribution in [1.82, 2.24) is 20.7 Å². The first-order valence-corrected chi connectivity index (χ1v) is 2.21. The summed E-state index contributed by atoms with van der Waals surface area (Å²) in [6.45, 7) is 0. The zero-order valence-electron chi connectivity index (χ0n) is 4.44. The first kappa shape index (κ1) is 5.70. The van der Waals surface area contributed by atoms with E-state index in [4.69, 9.17) is 5.21 Å². The maximum Gasteiger partial charge on any atom is 0.246 e. The van der Waals surface area contributed by atoms with Gasteiger partial charge in [0.25, 0.3) is 0 Å². The standard InChI is InChI=1S/C3H5N5O/c9-7-2-5-3-4-1-6-8-3/h1-2,9H,(H2,4,5,6,7,8). The van der Waals surface area contributed by atoms with Gasteiger partial charge in [-0.15, -0.1) is 0 Å². The second kappa shape index (κ2) is 2.78. The lowest BCUT2D eigenvalue weighted by Crippen LogP contribution is -2.00. The number of hydrogen-bond donors (Lipinski definition) is 3. The van der Waals surface area contributed by atoms with Crippen LogP contribution in [0.15, 0.2) is 11.3 Å². The van der Waals surface area contributed by atoms with Crippen LogP contribution in [-0.4, -0.2) is 26.7 Å². The molecule has 0 bridgehead atoms. The second-order valence-corrected chi connectivity index (χ2v) is 1.20. The normalized spacial score (nSPS) is 10.3. The van der Waals surface area contributed by atoms with Gasteiger partial charge in [-0.2, -0.15) is 10.1 Å². The molecule has 0 amide bonds. The molecule has 0 saturated carbocycles. The summed E-state index contributed by atoms with van der Waals surface area (Å²) in [5.41, 5.74) is 1.73. The van der Waals surface area contributed by atoms with Crippen molar-refractivity contribution in [2.75, 3.05) is 0 Å². The van der Waals surface area contributed by atoms with Gasteiger partial charge >= 0.3 is 0 Å². The topological polar surface area (TPSA) is 86.2 Å². The SMILES string of the molecule is ON/C=N/c1ncn[nH]1. The fourth-order valence-electron chi connectivity index (χ4n) is 0.351. The summed E-state index contributed by atoms with van der Waals surface area (Å²) < 4.78 is 0. The average Bonchev–Trinajstić information content (AvgIpc) is 2.34. The average molecular weight is 127 g/mol. The smallest absolute Gasteiger partial charge is 0.246 e. The quantitative estimate of drug-likeness (QED) is 0.282. The Morgan fingerprint density at radius 2 is 2.78 bits per heavy atom. The van der Waals surface area contributed by atoms with E-state index in [9.17, 15) is 0 Å². The van der Waals surface area contributed by atoms with Crippen molar-refractivity contribution >= 4 is 12.3 Å². The largest absolute Gasteiger partial charge is 0.290 e. The van der Waals surface area contributed by atoms with Crippen LogP contribution in [-0.2, 0) is 0 Å². The molecular formula is C3H5N5O. The highest BCUT2D eigenvalue weighted by atomic mass is 16.5. The maximum absolute atomic E-state index is 8.00. The van der Waals surface area contributed by atoms with Crippen LogP contribution >= 0.6 is 0 Å². The van der Waals surface area contributed by atoms with Gasteiger partial charge in [0.05, 0.1) is 0 Å². The van der Waals surface area contributed by atoms with Gasteiger partial charge in [0, 0.05) is 0 Å². The molecule has 1 aromatic heterocycles. The number of rotatable bonds is 2. The predicted octanol–water partition coefficient (Wildman–Crippen LogP) is -0.557. The zero-order valence-corrected chi connectivity index (χ0v) is 4.44. The molecule has 48 valence electrons. The zero-order chi connectivity index (χ0) is 6.53. The predicted molar refractivity (Wildman–Crippen MR) is 29.5 cm³/mol. The van der Waals surface area contributed by atoms with Gasteiger partial charge in [0.1, 0.15) is 12.7 Å². The third-order valence-corrected chi connectivity index (χ3v) is 0.647. The summed E-state index contributed by atoms with van der Waals surface area (Å²) in [7, 11) is 0. The van der Waals surface area contributed by atoms with Crippen LogP contribution in [0.2, 0.25) is 0 Å². The molecule has 0 saturated heterocycles. The van der Waals surface area contributed by atoms with Gasteiger partial charge in [-0.25, -0.2) is 10.1 Å². The van der Waals surface area contributed by atoms with Crippen molar-refractivity contribution in [1.29, 1.82) is 0 Å². The number of aromatic nitrogens is 3. The van der Waals surface area contributed by atoms with E-state index in [1.165, 1.54) is 6.33 Å². The second-order valence-electron chi connectivity index (χ2n) is 1.20. The van der Waals surface area contributed by atoms with Gasteiger partial charge < -0.3 is 0 Å². The lowest BCUT2D eigenvalue weighted by atomic mass is 11.0. The molecule has 0 atom stereocenters. The fraction of sp³-hybridized carbons (Fsp3) is 0. The minimum Gasteiger partial charge on any atom is -0.290 e. The molecule has 0 spiro atoms. The van der Waals surface area contributed by atoms with Crippen molar-refractivity contribution in [3.05, 3.63) is 6.33 Å². The third-order valence-electron chi connectivity index (χ3n) is 0.647. The Kier molecular flexibility index (Phi) is 1.76. The van der Waals surface area contributed by atoms with Crippen LogP contribution in [0.3, 0.4) is 0 Å². The lowest BCUT2D eigenvalue weighted by molar-refractivity contribution is 0.240. The highest BCUT2D eigenvalue weighted by Gasteiger charge is 1.84. The Labute approximate surface area is 50.6 Å². The van der Waals surface area contributed by atoms with E-state index in [1.807, 2.05) is 0 Å². The van der Waals surface area contributed by atoms with Crippen molar-refractivity contribution in [3.8, 4) is 0 Å². The van der Waals surface area contributed by atoms with E-state index in [0.717, 1.165) is 6.34 Å². The number of hydrogen-bond acceptors (Lipinski definition) is 4. The molecule has 0 unspecified atom stereocenters. The molecule has 0 aliphatic heterocycles. The number of nitrogens with zero attached hydrogens (tertiary/aromatic N) is 3. The minimum absolute atomic E-state index is 0.344. The Hall–Kier alpha value is -1.43. The summed E-state index contributed by atoms with van der Waals surface area (Å²) in [6, 6.07) is 0. The van der Waals surface area contributed by atoms with Gasteiger partial charge in [0.15, 0.2) is 0 Å². The first-order chi connectivity index (χ1) is 4.43. The molecule has 0 radical (unpaired) electrons. The number of nitrogens with one attached hydrogen (secondary N) is 2. The summed E-state index contributed by atoms with van der Waals surface area (Å²) in [6.07, 6.45) is 2.41. The molecule has 1 heterocycles. The summed E-state index contributed by atoms with van der Waals surface area (Å²) in [4.78, 5) is 7.21. The van der Waals surface area contributed by atoms with Crippen LogP contribution in [0.5, 0.6) is 0 Å². The van der Waals surface area contributed by atoms with E-state index in [0.29, 0.717) is 5.95 Å². The Morgan fingerprint density at radius 3 is 3.33 bits per heavy atom. The van der Waals surface area contributed by atoms with E-state index >= 15 is 0 Å². The van der Waals surface area contributed by atoms with E-state index in [1.54, 1.807) is 5.48 Å². The fourth-order valence-corrected chi connectivity index (χ4v) is 0.351. The molecule has 6 heteroatoms. The van der Waals surface area contributed by atoms with Crippen LogP contribution in [0.25, 0.3) is 0 Å². The van der Waals surface area contributed by atoms with Gasteiger partial charge in [0.2, 0.25) is 5.95 Å². The maximum atomic E-state index is 8.00. The van der Waals surface area contributed by atoms with Crippen molar-refractivity contribution in [2.24, 2.45) is 4.99 Å². The van der Waals surface area contributed by atoms with Crippen molar-refractivity contribution in [3.63, 3.8) is 0 Å². The molecular weight excluding hydrogens is 122 g/mol. The molecule has 0 aliphatic carbocycles. The van der Waals surface area contributed by atoms with E-state index in [2.05, 4.69) is 20.2 Å². The Balaban J connectivity index is 2.57. The number of aliphatic imine (C=N–C) groups is 1.